The monoisotopic (exact) mass is 298 g/mol. The second kappa shape index (κ2) is 6.35. The maximum atomic E-state index is 5.83. The summed E-state index contributed by atoms with van der Waals surface area (Å²) in [4.78, 5) is 7.24. The van der Waals surface area contributed by atoms with Crippen molar-refractivity contribution in [3.63, 3.8) is 0 Å². The summed E-state index contributed by atoms with van der Waals surface area (Å²) >= 11 is 0. The highest BCUT2D eigenvalue weighted by atomic mass is 16.5. The van der Waals surface area contributed by atoms with E-state index in [1.165, 1.54) is 22.0 Å². The molecule has 0 N–H and O–H groups in total. The molecule has 2 heterocycles. The maximum Gasteiger partial charge on any atom is 0.0678 e. The lowest BCUT2D eigenvalue weighted by Crippen LogP contribution is -2.44. The highest BCUT2D eigenvalue weighted by Gasteiger charge is 2.23. The Morgan fingerprint density at radius 2 is 1.77 bits per heavy atom. The molecular weight excluding hydrogens is 272 g/mol. The Kier molecular flexibility index (Phi) is 4.46. The summed E-state index contributed by atoms with van der Waals surface area (Å²) in [5.41, 5.74) is 2.52. The minimum Gasteiger partial charge on any atom is -0.373 e. The van der Waals surface area contributed by atoms with Crippen molar-refractivity contribution in [3.8, 4) is 0 Å². The van der Waals surface area contributed by atoms with Gasteiger partial charge in [0.1, 0.15) is 0 Å². The van der Waals surface area contributed by atoms with E-state index in [9.17, 15) is 0 Å². The number of aromatic nitrogens is 1. The van der Waals surface area contributed by atoms with Crippen molar-refractivity contribution in [2.45, 2.75) is 52.4 Å². The molecule has 0 saturated carbocycles. The van der Waals surface area contributed by atoms with Gasteiger partial charge in [0.05, 0.1) is 17.9 Å². The highest BCUT2D eigenvalue weighted by molar-refractivity contribution is 5.87. The fraction of sp³-hybridized carbons (Fsp3) is 0.526. The molecule has 1 fully saturated rings. The van der Waals surface area contributed by atoms with E-state index >= 15 is 0 Å². The van der Waals surface area contributed by atoms with Crippen LogP contribution in [-0.4, -0.2) is 35.2 Å². The molecule has 118 valence electrons. The number of benzene rings is 1. The molecule has 1 aromatic heterocycles. The van der Waals surface area contributed by atoms with Crippen LogP contribution in [0, 0.1) is 0 Å². The number of morpholine rings is 1. The van der Waals surface area contributed by atoms with Crippen LogP contribution in [0.25, 0.3) is 10.8 Å². The molecule has 2 unspecified atom stereocenters. The number of rotatable bonds is 3. The number of hydrogen-bond acceptors (Lipinski definition) is 3. The van der Waals surface area contributed by atoms with Crippen LogP contribution in [-0.2, 0) is 11.3 Å². The van der Waals surface area contributed by atoms with Crippen molar-refractivity contribution < 1.29 is 4.74 Å². The van der Waals surface area contributed by atoms with Gasteiger partial charge in [0, 0.05) is 31.2 Å². The molecule has 3 rings (SSSR count). The van der Waals surface area contributed by atoms with Crippen LogP contribution in [0.5, 0.6) is 0 Å². The van der Waals surface area contributed by atoms with Gasteiger partial charge >= 0.3 is 0 Å². The molecule has 1 saturated heterocycles. The standard InChI is InChI=1S/C19H26N2O/c1-13(2)19-18-8-6-5-7-17(18)16(9-20-19)12-21-10-14(3)22-15(4)11-21/h5-9,13-15H,10-12H2,1-4H3. The second-order valence-corrected chi connectivity index (χ2v) is 6.82. The molecular formula is C19H26N2O. The van der Waals surface area contributed by atoms with Crippen molar-refractivity contribution in [3.05, 3.63) is 41.7 Å². The van der Waals surface area contributed by atoms with Gasteiger partial charge in [0.2, 0.25) is 0 Å². The van der Waals surface area contributed by atoms with E-state index in [0.29, 0.717) is 18.1 Å². The third kappa shape index (κ3) is 3.16. The number of ether oxygens (including phenoxy) is 1. The molecule has 1 aromatic carbocycles. The maximum absolute atomic E-state index is 5.83. The van der Waals surface area contributed by atoms with E-state index in [0.717, 1.165) is 19.6 Å². The lowest BCUT2D eigenvalue weighted by atomic mass is 9.99. The van der Waals surface area contributed by atoms with Gasteiger partial charge in [-0.25, -0.2) is 0 Å². The van der Waals surface area contributed by atoms with Crippen LogP contribution in [0.3, 0.4) is 0 Å². The Bertz CT molecular complexity index is 643. The fourth-order valence-corrected chi connectivity index (χ4v) is 3.51. The number of pyridine rings is 1. The van der Waals surface area contributed by atoms with E-state index in [1.807, 2.05) is 0 Å². The summed E-state index contributed by atoms with van der Waals surface area (Å²) < 4.78 is 5.83. The van der Waals surface area contributed by atoms with Crippen LogP contribution in [0.4, 0.5) is 0 Å². The molecule has 2 aromatic rings. The average molecular weight is 298 g/mol. The molecule has 0 amide bonds. The topological polar surface area (TPSA) is 25.4 Å². The van der Waals surface area contributed by atoms with Crippen LogP contribution < -0.4 is 0 Å². The van der Waals surface area contributed by atoms with Gasteiger partial charge in [-0.05, 0) is 30.7 Å². The Labute approximate surface area is 133 Å². The molecule has 22 heavy (non-hydrogen) atoms. The summed E-state index contributed by atoms with van der Waals surface area (Å²) in [7, 11) is 0. The van der Waals surface area contributed by atoms with Crippen molar-refractivity contribution in [2.24, 2.45) is 0 Å². The van der Waals surface area contributed by atoms with Crippen LogP contribution in [0.15, 0.2) is 30.5 Å². The van der Waals surface area contributed by atoms with E-state index in [4.69, 9.17) is 9.72 Å². The van der Waals surface area contributed by atoms with Gasteiger partial charge in [0.15, 0.2) is 0 Å². The SMILES string of the molecule is CC1CN(Cc2cnc(C(C)C)c3ccccc23)CC(C)O1. The first-order chi connectivity index (χ1) is 10.5. The zero-order chi connectivity index (χ0) is 15.7. The van der Waals surface area contributed by atoms with Crippen molar-refractivity contribution >= 4 is 10.8 Å². The van der Waals surface area contributed by atoms with Gasteiger partial charge in [-0.3, -0.25) is 9.88 Å². The highest BCUT2D eigenvalue weighted by Crippen LogP contribution is 2.27. The summed E-state index contributed by atoms with van der Waals surface area (Å²) in [6, 6.07) is 8.66. The van der Waals surface area contributed by atoms with Gasteiger partial charge in [-0.2, -0.15) is 0 Å². The van der Waals surface area contributed by atoms with E-state index in [1.54, 1.807) is 0 Å². The zero-order valence-electron chi connectivity index (χ0n) is 14.0. The molecule has 3 heteroatoms. The van der Waals surface area contributed by atoms with Crippen LogP contribution in [0.1, 0.15) is 44.9 Å². The second-order valence-electron chi connectivity index (χ2n) is 6.82. The van der Waals surface area contributed by atoms with Crippen molar-refractivity contribution in [2.75, 3.05) is 13.1 Å². The van der Waals surface area contributed by atoms with Gasteiger partial charge in [-0.15, -0.1) is 0 Å². The molecule has 0 radical (unpaired) electrons. The first-order valence-corrected chi connectivity index (χ1v) is 8.29. The summed E-state index contributed by atoms with van der Waals surface area (Å²) in [5, 5.41) is 2.64. The van der Waals surface area contributed by atoms with Crippen LogP contribution >= 0.6 is 0 Å². The molecule has 0 aliphatic carbocycles. The van der Waals surface area contributed by atoms with Gasteiger partial charge in [0.25, 0.3) is 0 Å². The fourth-order valence-electron chi connectivity index (χ4n) is 3.51. The molecule has 1 aliphatic rings. The minimum absolute atomic E-state index is 0.304. The van der Waals surface area contributed by atoms with E-state index in [-0.39, 0.29) is 0 Å². The Hall–Kier alpha value is -1.45. The largest absolute Gasteiger partial charge is 0.373 e. The third-order valence-corrected chi connectivity index (χ3v) is 4.34. The Morgan fingerprint density at radius 1 is 1.14 bits per heavy atom. The van der Waals surface area contributed by atoms with Crippen LogP contribution in [0.2, 0.25) is 0 Å². The number of nitrogens with zero attached hydrogens (tertiary/aromatic N) is 2. The predicted octanol–water partition coefficient (Wildman–Crippen LogP) is 3.97. The first-order valence-electron chi connectivity index (χ1n) is 8.29. The lowest BCUT2D eigenvalue weighted by molar-refractivity contribution is -0.0704. The summed E-state index contributed by atoms with van der Waals surface area (Å²) in [6.45, 7) is 11.7. The zero-order valence-corrected chi connectivity index (χ0v) is 14.0. The molecule has 2 atom stereocenters. The van der Waals surface area contributed by atoms with Gasteiger partial charge in [-0.1, -0.05) is 38.1 Å². The Morgan fingerprint density at radius 3 is 2.41 bits per heavy atom. The van der Waals surface area contributed by atoms with E-state index < -0.39 is 0 Å². The lowest BCUT2D eigenvalue weighted by Gasteiger charge is -2.35. The molecule has 0 spiro atoms. The van der Waals surface area contributed by atoms with Gasteiger partial charge < -0.3 is 4.74 Å². The summed E-state index contributed by atoms with van der Waals surface area (Å²) in [5.74, 6) is 0.447. The van der Waals surface area contributed by atoms with Crippen molar-refractivity contribution in [1.29, 1.82) is 0 Å². The predicted molar refractivity (Wildman–Crippen MR) is 91.1 cm³/mol. The molecule has 3 nitrogen and oxygen atoms in total. The Balaban J connectivity index is 1.93. The average Bonchev–Trinajstić information content (AvgIpc) is 2.46. The number of hydrogen-bond donors (Lipinski definition) is 0. The van der Waals surface area contributed by atoms with E-state index in [2.05, 4.69) is 63.1 Å². The first kappa shape index (κ1) is 15.4. The molecule has 0 bridgehead atoms. The third-order valence-electron chi connectivity index (χ3n) is 4.34. The normalized spacial score (nSPS) is 23.3. The molecule has 1 aliphatic heterocycles. The smallest absolute Gasteiger partial charge is 0.0678 e. The quantitative estimate of drug-likeness (QED) is 0.857. The van der Waals surface area contributed by atoms with Crippen molar-refractivity contribution in [1.82, 2.24) is 9.88 Å². The number of fused-ring (bicyclic) bond motifs is 1. The summed E-state index contributed by atoms with van der Waals surface area (Å²) in [6.07, 6.45) is 2.68. The minimum atomic E-state index is 0.304.